The number of unbranched alkanes of at least 4 members (excludes halogenated alkanes) is 1. The lowest BCUT2D eigenvalue weighted by Gasteiger charge is -2.32. The van der Waals surface area contributed by atoms with E-state index in [0.29, 0.717) is 19.7 Å². The van der Waals surface area contributed by atoms with Crippen LogP contribution in [0.1, 0.15) is 48.5 Å². The average Bonchev–Trinajstić information content (AvgIpc) is 2.56. The summed E-state index contributed by atoms with van der Waals surface area (Å²) in [6.07, 6.45) is 3.08. The molecule has 5 heteroatoms. The first-order chi connectivity index (χ1) is 11.1. The number of aryl methyl sites for hydroxylation is 1. The van der Waals surface area contributed by atoms with Crippen molar-refractivity contribution in [3.8, 4) is 0 Å². The van der Waals surface area contributed by atoms with Crippen LogP contribution in [0.4, 0.5) is 4.79 Å². The summed E-state index contributed by atoms with van der Waals surface area (Å²) in [7, 11) is 0. The number of rotatable bonds is 5. The summed E-state index contributed by atoms with van der Waals surface area (Å²) in [6.45, 7) is 5.85. The first-order valence-electron chi connectivity index (χ1n) is 8.39. The minimum absolute atomic E-state index is 0.0639. The van der Waals surface area contributed by atoms with Gasteiger partial charge in [0.15, 0.2) is 0 Å². The number of alkyl carbamates (subject to hydrolysis) is 1. The zero-order valence-electron chi connectivity index (χ0n) is 14.0. The lowest BCUT2D eigenvalue weighted by molar-refractivity contribution is 0.0702. The quantitative estimate of drug-likeness (QED) is 0.849. The fourth-order valence-electron chi connectivity index (χ4n) is 2.62. The molecule has 126 valence electrons. The number of ether oxygens (including phenoxy) is 1. The van der Waals surface area contributed by atoms with E-state index in [0.717, 1.165) is 36.8 Å². The summed E-state index contributed by atoms with van der Waals surface area (Å²) in [6, 6.07) is 7.73. The van der Waals surface area contributed by atoms with Crippen molar-refractivity contribution in [3.63, 3.8) is 0 Å². The number of carbonyl (C=O) groups excluding carboxylic acids is 2. The summed E-state index contributed by atoms with van der Waals surface area (Å²) in [4.78, 5) is 25.9. The molecule has 0 saturated carbocycles. The van der Waals surface area contributed by atoms with Crippen LogP contribution in [0.15, 0.2) is 24.3 Å². The van der Waals surface area contributed by atoms with Crippen LogP contribution >= 0.6 is 0 Å². The first-order valence-corrected chi connectivity index (χ1v) is 8.39. The topological polar surface area (TPSA) is 58.6 Å². The standard InChI is InChI=1S/C18H26N2O3/c1-3-4-13-23-18(22)19-16-9-11-20(12-10-16)17(21)15-7-5-14(2)6-8-15/h5-8,16H,3-4,9-13H2,1-2H3,(H,19,22). The molecule has 1 aromatic carbocycles. The first kappa shape index (κ1) is 17.3. The van der Waals surface area contributed by atoms with E-state index >= 15 is 0 Å². The molecule has 0 aliphatic carbocycles. The van der Waals surface area contributed by atoms with Gasteiger partial charge in [-0.15, -0.1) is 0 Å². The Morgan fingerprint density at radius 3 is 2.48 bits per heavy atom. The number of piperidine rings is 1. The highest BCUT2D eigenvalue weighted by molar-refractivity contribution is 5.94. The molecule has 2 amide bonds. The van der Waals surface area contributed by atoms with E-state index in [1.165, 1.54) is 0 Å². The largest absolute Gasteiger partial charge is 0.450 e. The van der Waals surface area contributed by atoms with Crippen molar-refractivity contribution < 1.29 is 14.3 Å². The fraction of sp³-hybridized carbons (Fsp3) is 0.556. The Hall–Kier alpha value is -2.04. The molecule has 1 aliphatic heterocycles. The molecule has 0 unspecified atom stereocenters. The maximum atomic E-state index is 12.4. The van der Waals surface area contributed by atoms with Gasteiger partial charge in [0, 0.05) is 24.7 Å². The molecule has 23 heavy (non-hydrogen) atoms. The maximum absolute atomic E-state index is 12.4. The molecule has 1 fully saturated rings. The molecule has 0 spiro atoms. The molecule has 2 rings (SSSR count). The monoisotopic (exact) mass is 318 g/mol. The van der Waals surface area contributed by atoms with Gasteiger partial charge in [-0.25, -0.2) is 4.79 Å². The van der Waals surface area contributed by atoms with Crippen LogP contribution in [0.2, 0.25) is 0 Å². The van der Waals surface area contributed by atoms with Crippen molar-refractivity contribution in [2.24, 2.45) is 0 Å². The average molecular weight is 318 g/mol. The van der Waals surface area contributed by atoms with Gasteiger partial charge in [-0.1, -0.05) is 31.0 Å². The van der Waals surface area contributed by atoms with E-state index < -0.39 is 0 Å². The smallest absolute Gasteiger partial charge is 0.407 e. The molecule has 5 nitrogen and oxygen atoms in total. The Morgan fingerprint density at radius 1 is 1.22 bits per heavy atom. The highest BCUT2D eigenvalue weighted by atomic mass is 16.5. The lowest BCUT2D eigenvalue weighted by Crippen LogP contribution is -2.46. The predicted octanol–water partition coefficient (Wildman–Crippen LogP) is 3.13. The molecular formula is C18H26N2O3. The van der Waals surface area contributed by atoms with E-state index in [4.69, 9.17) is 4.74 Å². The Labute approximate surface area is 138 Å². The van der Waals surface area contributed by atoms with Gasteiger partial charge in [0.05, 0.1) is 6.61 Å². The van der Waals surface area contributed by atoms with Gasteiger partial charge in [0.2, 0.25) is 0 Å². The van der Waals surface area contributed by atoms with Crippen LogP contribution < -0.4 is 5.32 Å². The SMILES string of the molecule is CCCCOC(=O)NC1CCN(C(=O)c2ccc(C)cc2)CC1. The van der Waals surface area contributed by atoms with Crippen LogP contribution in [-0.4, -0.2) is 42.6 Å². The summed E-state index contributed by atoms with van der Waals surface area (Å²) in [5.41, 5.74) is 1.87. The van der Waals surface area contributed by atoms with Crippen molar-refractivity contribution >= 4 is 12.0 Å². The Morgan fingerprint density at radius 2 is 1.87 bits per heavy atom. The van der Waals surface area contributed by atoms with Gasteiger partial charge >= 0.3 is 6.09 Å². The van der Waals surface area contributed by atoms with Crippen molar-refractivity contribution in [1.82, 2.24) is 10.2 Å². The molecule has 1 saturated heterocycles. The van der Waals surface area contributed by atoms with E-state index in [1.54, 1.807) is 0 Å². The third-order valence-electron chi connectivity index (χ3n) is 4.13. The molecular weight excluding hydrogens is 292 g/mol. The highest BCUT2D eigenvalue weighted by Gasteiger charge is 2.24. The maximum Gasteiger partial charge on any atom is 0.407 e. The fourth-order valence-corrected chi connectivity index (χ4v) is 2.62. The molecule has 1 aliphatic rings. The number of carbonyl (C=O) groups is 2. The highest BCUT2D eigenvalue weighted by Crippen LogP contribution is 2.14. The second kappa shape index (κ2) is 8.56. The van der Waals surface area contributed by atoms with Crippen LogP contribution in [0, 0.1) is 6.92 Å². The molecule has 0 radical (unpaired) electrons. The molecule has 0 aromatic heterocycles. The molecule has 1 aromatic rings. The van der Waals surface area contributed by atoms with Gasteiger partial charge in [0.1, 0.15) is 0 Å². The summed E-state index contributed by atoms with van der Waals surface area (Å²) in [5.74, 6) is 0.0639. The minimum atomic E-state index is -0.346. The van der Waals surface area contributed by atoms with Crippen molar-refractivity contribution in [2.75, 3.05) is 19.7 Å². The molecule has 0 atom stereocenters. The molecule has 1 N–H and O–H groups in total. The molecule has 1 heterocycles. The number of benzene rings is 1. The normalized spacial score (nSPS) is 15.3. The van der Waals surface area contributed by atoms with E-state index in [2.05, 4.69) is 12.2 Å². The van der Waals surface area contributed by atoms with E-state index in [-0.39, 0.29) is 18.0 Å². The van der Waals surface area contributed by atoms with Crippen LogP contribution in [-0.2, 0) is 4.74 Å². The van der Waals surface area contributed by atoms with E-state index in [9.17, 15) is 9.59 Å². The van der Waals surface area contributed by atoms with Crippen molar-refractivity contribution in [3.05, 3.63) is 35.4 Å². The number of nitrogens with zero attached hydrogens (tertiary/aromatic N) is 1. The summed E-state index contributed by atoms with van der Waals surface area (Å²) >= 11 is 0. The lowest BCUT2D eigenvalue weighted by atomic mass is 10.0. The Bertz CT molecular complexity index is 520. The van der Waals surface area contributed by atoms with E-state index in [1.807, 2.05) is 36.1 Å². The Kier molecular flexibility index (Phi) is 6.44. The number of hydrogen-bond donors (Lipinski definition) is 1. The number of hydrogen-bond acceptors (Lipinski definition) is 3. The van der Waals surface area contributed by atoms with Crippen LogP contribution in [0.3, 0.4) is 0 Å². The van der Waals surface area contributed by atoms with Crippen molar-refractivity contribution in [1.29, 1.82) is 0 Å². The van der Waals surface area contributed by atoms with Crippen LogP contribution in [0.5, 0.6) is 0 Å². The zero-order chi connectivity index (χ0) is 16.7. The number of likely N-dealkylation sites (tertiary alicyclic amines) is 1. The van der Waals surface area contributed by atoms with Gasteiger partial charge in [-0.2, -0.15) is 0 Å². The van der Waals surface area contributed by atoms with Gasteiger partial charge in [0.25, 0.3) is 5.91 Å². The van der Waals surface area contributed by atoms with Gasteiger partial charge in [-0.05, 0) is 38.3 Å². The minimum Gasteiger partial charge on any atom is -0.450 e. The molecule has 0 bridgehead atoms. The Balaban J connectivity index is 1.76. The number of amides is 2. The second-order valence-corrected chi connectivity index (χ2v) is 6.07. The third kappa shape index (κ3) is 5.27. The predicted molar refractivity (Wildman–Crippen MR) is 89.5 cm³/mol. The summed E-state index contributed by atoms with van der Waals surface area (Å²) < 4.78 is 5.11. The third-order valence-corrected chi connectivity index (χ3v) is 4.13. The number of nitrogens with one attached hydrogen (secondary N) is 1. The van der Waals surface area contributed by atoms with Crippen LogP contribution in [0.25, 0.3) is 0 Å². The zero-order valence-corrected chi connectivity index (χ0v) is 14.0. The van der Waals surface area contributed by atoms with Crippen molar-refractivity contribution in [2.45, 2.75) is 45.6 Å². The van der Waals surface area contributed by atoms with Gasteiger partial charge in [-0.3, -0.25) is 4.79 Å². The van der Waals surface area contributed by atoms with Gasteiger partial charge < -0.3 is 15.0 Å². The summed E-state index contributed by atoms with van der Waals surface area (Å²) in [5, 5.41) is 2.89. The second-order valence-electron chi connectivity index (χ2n) is 6.07.